The first-order chi connectivity index (χ1) is 6.02. The van der Waals surface area contributed by atoms with Gasteiger partial charge in [0.2, 0.25) is 0 Å². The zero-order valence-corrected chi connectivity index (χ0v) is 8.94. The second kappa shape index (κ2) is 3.96. The lowest BCUT2D eigenvalue weighted by molar-refractivity contribution is 0.452. The minimum Gasteiger partial charge on any atom is -0.285 e. The molecule has 1 aliphatic rings. The minimum absolute atomic E-state index is 0.645. The average molecular weight is 206 g/mol. The van der Waals surface area contributed by atoms with Crippen LogP contribution in [0, 0.1) is 0 Å². The predicted molar refractivity (Wildman–Crippen MR) is 52.3 cm³/mol. The summed E-state index contributed by atoms with van der Waals surface area (Å²) < 4.78 is 30.1. The Labute approximate surface area is 80.3 Å². The molecule has 1 saturated carbocycles. The van der Waals surface area contributed by atoms with E-state index < -0.39 is 14.9 Å². The van der Waals surface area contributed by atoms with Crippen LogP contribution in [-0.2, 0) is 10.1 Å². The minimum atomic E-state index is -3.78. The third-order valence-corrected chi connectivity index (χ3v) is 4.55. The van der Waals surface area contributed by atoms with E-state index in [0.29, 0.717) is 19.3 Å². The van der Waals surface area contributed by atoms with Crippen molar-refractivity contribution in [2.24, 2.45) is 0 Å². The summed E-state index contributed by atoms with van der Waals surface area (Å²) in [7, 11) is -3.78. The Morgan fingerprint density at radius 1 is 1.23 bits per heavy atom. The highest BCUT2D eigenvalue weighted by Gasteiger charge is 2.53. The molecule has 0 atom stereocenters. The maximum Gasteiger partial charge on any atom is 0.270 e. The van der Waals surface area contributed by atoms with E-state index in [1.165, 1.54) is 0 Å². The van der Waals surface area contributed by atoms with Crippen molar-refractivity contribution >= 4 is 10.1 Å². The molecule has 0 aromatic heterocycles. The van der Waals surface area contributed by atoms with Gasteiger partial charge in [0.05, 0.1) is 4.75 Å². The lowest BCUT2D eigenvalue weighted by atomic mass is 10.1. The van der Waals surface area contributed by atoms with E-state index in [2.05, 4.69) is 6.92 Å². The molecular formula is C9H18O3S. The van der Waals surface area contributed by atoms with Gasteiger partial charge in [-0.1, -0.05) is 32.6 Å². The van der Waals surface area contributed by atoms with Crippen molar-refractivity contribution in [3.63, 3.8) is 0 Å². The number of unbranched alkanes of at least 4 members (excludes halogenated alkanes) is 3. The molecule has 0 heterocycles. The molecular weight excluding hydrogens is 188 g/mol. The SMILES string of the molecule is CCCCCCC1(S(=O)(=O)O)CC1. The molecule has 1 N–H and O–H groups in total. The van der Waals surface area contributed by atoms with E-state index in [0.717, 1.165) is 25.7 Å². The molecule has 78 valence electrons. The smallest absolute Gasteiger partial charge is 0.270 e. The fraction of sp³-hybridized carbons (Fsp3) is 1.00. The first-order valence-corrected chi connectivity index (χ1v) is 6.43. The van der Waals surface area contributed by atoms with Gasteiger partial charge in [0.15, 0.2) is 0 Å². The summed E-state index contributed by atoms with van der Waals surface area (Å²) in [6.07, 6.45) is 6.25. The molecule has 1 rings (SSSR count). The standard InChI is InChI=1S/C9H18O3S/c1-2-3-4-5-6-9(7-8-9)13(10,11)12/h2-8H2,1H3,(H,10,11,12). The van der Waals surface area contributed by atoms with E-state index in [1.54, 1.807) is 0 Å². The average Bonchev–Trinajstić information content (AvgIpc) is 2.77. The van der Waals surface area contributed by atoms with Crippen LogP contribution in [-0.4, -0.2) is 17.7 Å². The topological polar surface area (TPSA) is 54.4 Å². The quantitative estimate of drug-likeness (QED) is 0.536. The van der Waals surface area contributed by atoms with Crippen LogP contribution in [0.15, 0.2) is 0 Å². The predicted octanol–water partition coefficient (Wildman–Crippen LogP) is 2.38. The Morgan fingerprint density at radius 2 is 1.85 bits per heavy atom. The molecule has 0 amide bonds. The Hall–Kier alpha value is -0.0900. The van der Waals surface area contributed by atoms with Crippen molar-refractivity contribution in [3.8, 4) is 0 Å². The van der Waals surface area contributed by atoms with Crippen molar-refractivity contribution < 1.29 is 13.0 Å². The first kappa shape index (κ1) is 11.0. The van der Waals surface area contributed by atoms with Crippen LogP contribution in [0.4, 0.5) is 0 Å². The van der Waals surface area contributed by atoms with Crippen LogP contribution in [0.3, 0.4) is 0 Å². The van der Waals surface area contributed by atoms with Crippen LogP contribution in [0.5, 0.6) is 0 Å². The lowest BCUT2D eigenvalue weighted by Crippen LogP contribution is -2.21. The second-order valence-corrected chi connectivity index (χ2v) is 5.78. The van der Waals surface area contributed by atoms with Gasteiger partial charge >= 0.3 is 0 Å². The zero-order chi connectivity index (χ0) is 9.95. The van der Waals surface area contributed by atoms with E-state index >= 15 is 0 Å². The molecule has 0 aliphatic heterocycles. The summed E-state index contributed by atoms with van der Waals surface area (Å²) in [4.78, 5) is 0. The van der Waals surface area contributed by atoms with E-state index in [4.69, 9.17) is 4.55 Å². The Morgan fingerprint density at radius 3 is 2.23 bits per heavy atom. The van der Waals surface area contributed by atoms with Gasteiger partial charge in [-0.3, -0.25) is 4.55 Å². The van der Waals surface area contributed by atoms with Gasteiger partial charge in [-0.25, -0.2) is 0 Å². The molecule has 0 aromatic carbocycles. The fourth-order valence-corrected chi connectivity index (χ4v) is 2.67. The molecule has 0 bridgehead atoms. The summed E-state index contributed by atoms with van der Waals surface area (Å²) in [6, 6.07) is 0. The van der Waals surface area contributed by atoms with Gasteiger partial charge in [-0.2, -0.15) is 8.42 Å². The Kier molecular flexibility index (Phi) is 3.35. The maximum absolute atomic E-state index is 10.9. The molecule has 0 radical (unpaired) electrons. The van der Waals surface area contributed by atoms with Crippen molar-refractivity contribution in [1.29, 1.82) is 0 Å². The Bertz CT molecular complexity index is 252. The number of rotatable bonds is 6. The molecule has 0 saturated heterocycles. The number of hydrogen-bond donors (Lipinski definition) is 1. The Balaban J connectivity index is 2.29. The molecule has 0 spiro atoms. The summed E-state index contributed by atoms with van der Waals surface area (Å²) >= 11 is 0. The van der Waals surface area contributed by atoms with Crippen LogP contribution in [0.1, 0.15) is 51.9 Å². The highest BCUT2D eigenvalue weighted by Crippen LogP contribution is 2.47. The van der Waals surface area contributed by atoms with Gasteiger partial charge in [-0.15, -0.1) is 0 Å². The van der Waals surface area contributed by atoms with Crippen molar-refractivity contribution in [1.82, 2.24) is 0 Å². The third kappa shape index (κ3) is 2.68. The van der Waals surface area contributed by atoms with Crippen molar-refractivity contribution in [2.45, 2.75) is 56.6 Å². The zero-order valence-electron chi connectivity index (χ0n) is 8.12. The monoisotopic (exact) mass is 206 g/mol. The van der Waals surface area contributed by atoms with Crippen molar-refractivity contribution in [3.05, 3.63) is 0 Å². The molecule has 13 heavy (non-hydrogen) atoms. The van der Waals surface area contributed by atoms with Gasteiger partial charge in [0.1, 0.15) is 0 Å². The molecule has 1 aliphatic carbocycles. The maximum atomic E-state index is 10.9. The second-order valence-electron chi connectivity index (χ2n) is 3.97. The van der Waals surface area contributed by atoms with Gasteiger partial charge in [0.25, 0.3) is 10.1 Å². The third-order valence-electron chi connectivity index (χ3n) is 2.84. The molecule has 0 unspecified atom stereocenters. The molecule has 4 heteroatoms. The van der Waals surface area contributed by atoms with Crippen LogP contribution in [0.25, 0.3) is 0 Å². The van der Waals surface area contributed by atoms with Crippen molar-refractivity contribution in [2.75, 3.05) is 0 Å². The van der Waals surface area contributed by atoms with E-state index in [9.17, 15) is 8.42 Å². The number of hydrogen-bond acceptors (Lipinski definition) is 2. The summed E-state index contributed by atoms with van der Waals surface area (Å²) in [5, 5.41) is 0. The van der Waals surface area contributed by atoms with E-state index in [1.807, 2.05) is 0 Å². The van der Waals surface area contributed by atoms with Crippen LogP contribution in [0.2, 0.25) is 0 Å². The highest BCUT2D eigenvalue weighted by atomic mass is 32.2. The van der Waals surface area contributed by atoms with Crippen LogP contribution < -0.4 is 0 Å². The fourth-order valence-electron chi connectivity index (χ4n) is 1.65. The van der Waals surface area contributed by atoms with Gasteiger partial charge in [-0.05, 0) is 19.3 Å². The van der Waals surface area contributed by atoms with Crippen LogP contribution >= 0.6 is 0 Å². The largest absolute Gasteiger partial charge is 0.285 e. The first-order valence-electron chi connectivity index (χ1n) is 4.99. The molecule has 1 fully saturated rings. The molecule has 3 nitrogen and oxygen atoms in total. The lowest BCUT2D eigenvalue weighted by Gasteiger charge is -2.10. The highest BCUT2D eigenvalue weighted by molar-refractivity contribution is 7.87. The van der Waals surface area contributed by atoms with Gasteiger partial charge in [0, 0.05) is 0 Å². The molecule has 0 aromatic rings. The van der Waals surface area contributed by atoms with Gasteiger partial charge < -0.3 is 0 Å². The van der Waals surface area contributed by atoms with E-state index in [-0.39, 0.29) is 0 Å². The summed E-state index contributed by atoms with van der Waals surface area (Å²) in [6.45, 7) is 2.12. The summed E-state index contributed by atoms with van der Waals surface area (Å²) in [5.74, 6) is 0. The normalized spacial score (nSPS) is 20.2. The summed E-state index contributed by atoms with van der Waals surface area (Å²) in [5.41, 5.74) is 0.